The summed E-state index contributed by atoms with van der Waals surface area (Å²) in [6.07, 6.45) is 0. The highest BCUT2D eigenvalue weighted by atomic mass is 16.5. The van der Waals surface area contributed by atoms with Gasteiger partial charge < -0.3 is 15.8 Å². The fourth-order valence-electron chi connectivity index (χ4n) is 1.84. The van der Waals surface area contributed by atoms with Crippen LogP contribution >= 0.6 is 0 Å². The number of aryl methyl sites for hydroxylation is 1. The zero-order valence-corrected chi connectivity index (χ0v) is 14.0. The molecule has 0 saturated heterocycles. The van der Waals surface area contributed by atoms with Crippen molar-refractivity contribution in [2.75, 3.05) is 0 Å². The molecule has 1 rings (SSSR count). The van der Waals surface area contributed by atoms with Crippen LogP contribution in [0.1, 0.15) is 45.7 Å². The van der Waals surface area contributed by atoms with Gasteiger partial charge in [0, 0.05) is 12.1 Å². The van der Waals surface area contributed by atoms with Crippen molar-refractivity contribution < 1.29 is 9.53 Å². The maximum Gasteiger partial charge on any atom is 0.237 e. The van der Waals surface area contributed by atoms with Gasteiger partial charge in [-0.05, 0) is 45.2 Å². The van der Waals surface area contributed by atoms with E-state index < -0.39 is 6.04 Å². The molecule has 0 aliphatic heterocycles. The zero-order chi connectivity index (χ0) is 16.2. The molecule has 0 aromatic heterocycles. The van der Waals surface area contributed by atoms with E-state index in [2.05, 4.69) is 5.32 Å². The van der Waals surface area contributed by atoms with Gasteiger partial charge in [0.25, 0.3) is 0 Å². The molecule has 3 N–H and O–H groups in total. The molecular formula is C17H28N2O2. The van der Waals surface area contributed by atoms with Crippen molar-refractivity contribution in [1.29, 1.82) is 0 Å². The van der Waals surface area contributed by atoms with Gasteiger partial charge in [0.1, 0.15) is 11.4 Å². The first-order valence-electron chi connectivity index (χ1n) is 7.42. The molecule has 4 nitrogen and oxygen atoms in total. The average Bonchev–Trinajstić information content (AvgIpc) is 2.34. The van der Waals surface area contributed by atoms with E-state index in [0.29, 0.717) is 6.54 Å². The van der Waals surface area contributed by atoms with E-state index in [-0.39, 0.29) is 17.4 Å². The Labute approximate surface area is 128 Å². The molecule has 21 heavy (non-hydrogen) atoms. The zero-order valence-electron chi connectivity index (χ0n) is 14.0. The Kier molecular flexibility index (Phi) is 5.78. The first-order chi connectivity index (χ1) is 9.60. The number of amides is 1. The molecule has 0 unspecified atom stereocenters. The van der Waals surface area contributed by atoms with Gasteiger partial charge >= 0.3 is 0 Å². The van der Waals surface area contributed by atoms with Gasteiger partial charge in [0.15, 0.2) is 0 Å². The van der Waals surface area contributed by atoms with Crippen LogP contribution in [0.5, 0.6) is 5.75 Å². The second-order valence-electron chi connectivity index (χ2n) is 6.81. The van der Waals surface area contributed by atoms with Crippen molar-refractivity contribution in [2.24, 2.45) is 11.7 Å². The molecule has 0 saturated carbocycles. The molecule has 118 valence electrons. The van der Waals surface area contributed by atoms with Crippen LogP contribution in [-0.4, -0.2) is 17.6 Å². The summed E-state index contributed by atoms with van der Waals surface area (Å²) in [4.78, 5) is 11.9. The predicted molar refractivity (Wildman–Crippen MR) is 86.2 cm³/mol. The van der Waals surface area contributed by atoms with Crippen molar-refractivity contribution in [3.63, 3.8) is 0 Å². The summed E-state index contributed by atoms with van der Waals surface area (Å²) in [5.74, 6) is 0.793. The highest BCUT2D eigenvalue weighted by molar-refractivity contribution is 5.81. The molecule has 0 fully saturated rings. The van der Waals surface area contributed by atoms with Crippen LogP contribution in [0.2, 0.25) is 0 Å². The third kappa shape index (κ3) is 5.76. The van der Waals surface area contributed by atoms with Gasteiger partial charge in [-0.15, -0.1) is 0 Å². The lowest BCUT2D eigenvalue weighted by Crippen LogP contribution is -2.43. The van der Waals surface area contributed by atoms with Crippen molar-refractivity contribution in [1.82, 2.24) is 5.32 Å². The Morgan fingerprint density at radius 2 is 1.95 bits per heavy atom. The number of carbonyl (C=O) groups is 1. The summed E-state index contributed by atoms with van der Waals surface area (Å²) in [5.41, 5.74) is 7.65. The second-order valence-corrected chi connectivity index (χ2v) is 6.81. The summed E-state index contributed by atoms with van der Waals surface area (Å²) in [7, 11) is 0. The Morgan fingerprint density at radius 3 is 2.48 bits per heavy atom. The van der Waals surface area contributed by atoms with Crippen LogP contribution in [0.15, 0.2) is 18.2 Å². The lowest BCUT2D eigenvalue weighted by atomic mass is 10.0. The van der Waals surface area contributed by atoms with Crippen LogP contribution in [0.3, 0.4) is 0 Å². The number of ether oxygens (including phenoxy) is 1. The van der Waals surface area contributed by atoms with Crippen molar-refractivity contribution >= 4 is 5.91 Å². The number of nitrogens with one attached hydrogen (secondary N) is 1. The number of carbonyl (C=O) groups excluding carboxylic acids is 1. The van der Waals surface area contributed by atoms with E-state index in [1.54, 1.807) is 0 Å². The van der Waals surface area contributed by atoms with Crippen LogP contribution in [0.25, 0.3) is 0 Å². The van der Waals surface area contributed by atoms with E-state index in [0.717, 1.165) is 16.9 Å². The van der Waals surface area contributed by atoms with Gasteiger partial charge in [0.05, 0.1) is 6.04 Å². The molecule has 0 aliphatic carbocycles. The second kappa shape index (κ2) is 6.94. The van der Waals surface area contributed by atoms with E-state index >= 15 is 0 Å². The Morgan fingerprint density at radius 1 is 1.33 bits per heavy atom. The van der Waals surface area contributed by atoms with Gasteiger partial charge in [-0.2, -0.15) is 0 Å². The monoisotopic (exact) mass is 292 g/mol. The lowest BCUT2D eigenvalue weighted by Gasteiger charge is -2.24. The summed E-state index contributed by atoms with van der Waals surface area (Å²) >= 11 is 0. The average molecular weight is 292 g/mol. The molecule has 4 heteroatoms. The van der Waals surface area contributed by atoms with Crippen molar-refractivity contribution in [3.8, 4) is 5.75 Å². The quantitative estimate of drug-likeness (QED) is 0.877. The molecular weight excluding hydrogens is 264 g/mol. The van der Waals surface area contributed by atoms with Crippen LogP contribution in [0.4, 0.5) is 0 Å². The highest BCUT2D eigenvalue weighted by Gasteiger charge is 2.18. The maximum atomic E-state index is 11.9. The first-order valence-corrected chi connectivity index (χ1v) is 7.42. The number of benzene rings is 1. The fourth-order valence-corrected chi connectivity index (χ4v) is 1.84. The van der Waals surface area contributed by atoms with E-state index in [1.807, 2.05) is 59.7 Å². The standard InChI is InChI=1S/C17H28N2O2/c1-11(2)15(18)16(20)19-10-13-8-7-12(3)9-14(13)21-17(4,5)6/h7-9,11,15H,10,18H2,1-6H3,(H,19,20)/t15-/m0/s1. The minimum atomic E-state index is -0.484. The third-order valence-electron chi connectivity index (χ3n) is 3.11. The van der Waals surface area contributed by atoms with E-state index in [4.69, 9.17) is 10.5 Å². The molecule has 0 bridgehead atoms. The number of rotatable bonds is 5. The SMILES string of the molecule is Cc1ccc(CNC(=O)[C@@H](N)C(C)C)c(OC(C)(C)C)c1. The smallest absolute Gasteiger partial charge is 0.237 e. The molecule has 0 spiro atoms. The summed E-state index contributed by atoms with van der Waals surface area (Å²) in [6, 6.07) is 5.51. The molecule has 0 aliphatic rings. The lowest BCUT2D eigenvalue weighted by molar-refractivity contribution is -0.123. The summed E-state index contributed by atoms with van der Waals surface area (Å²) in [5, 5.41) is 2.88. The van der Waals surface area contributed by atoms with E-state index in [1.165, 1.54) is 0 Å². The van der Waals surface area contributed by atoms with Crippen LogP contribution in [0, 0.1) is 12.8 Å². The highest BCUT2D eigenvalue weighted by Crippen LogP contribution is 2.24. The largest absolute Gasteiger partial charge is 0.488 e. The van der Waals surface area contributed by atoms with E-state index in [9.17, 15) is 4.79 Å². The van der Waals surface area contributed by atoms with Gasteiger partial charge in [-0.3, -0.25) is 4.79 Å². The minimum absolute atomic E-state index is 0.119. The number of hydrogen-bond donors (Lipinski definition) is 2. The first kappa shape index (κ1) is 17.5. The predicted octanol–water partition coefficient (Wildman–Crippen LogP) is 2.77. The third-order valence-corrected chi connectivity index (χ3v) is 3.11. The number of hydrogen-bond acceptors (Lipinski definition) is 3. The molecule has 1 aromatic rings. The topological polar surface area (TPSA) is 64.4 Å². The number of nitrogens with two attached hydrogens (primary N) is 1. The fraction of sp³-hybridized carbons (Fsp3) is 0.588. The molecule has 1 amide bonds. The normalized spacial score (nSPS) is 13.1. The molecule has 1 atom stereocenters. The molecule has 1 aromatic carbocycles. The summed E-state index contributed by atoms with van der Waals surface area (Å²) in [6.45, 7) is 12.3. The maximum absolute atomic E-state index is 11.9. The Hall–Kier alpha value is -1.55. The van der Waals surface area contributed by atoms with Gasteiger partial charge in [0.2, 0.25) is 5.91 Å². The van der Waals surface area contributed by atoms with Crippen molar-refractivity contribution in [3.05, 3.63) is 29.3 Å². The van der Waals surface area contributed by atoms with Gasteiger partial charge in [-0.25, -0.2) is 0 Å². The Balaban J connectivity index is 2.81. The molecule has 0 heterocycles. The minimum Gasteiger partial charge on any atom is -0.488 e. The Bertz CT molecular complexity index is 490. The van der Waals surface area contributed by atoms with Crippen LogP contribution < -0.4 is 15.8 Å². The molecule has 0 radical (unpaired) electrons. The summed E-state index contributed by atoms with van der Waals surface area (Å²) < 4.78 is 5.97. The van der Waals surface area contributed by atoms with Crippen LogP contribution in [-0.2, 0) is 11.3 Å². The van der Waals surface area contributed by atoms with Crippen molar-refractivity contribution in [2.45, 2.75) is 59.7 Å². The van der Waals surface area contributed by atoms with Gasteiger partial charge in [-0.1, -0.05) is 26.0 Å².